The molecule has 4 aromatic rings. The lowest BCUT2D eigenvalue weighted by atomic mass is 9.97. The Balaban J connectivity index is 1.49. The molecule has 47 heavy (non-hydrogen) atoms. The van der Waals surface area contributed by atoms with Crippen LogP contribution in [0.1, 0.15) is 22.3 Å². The van der Waals surface area contributed by atoms with Crippen LogP contribution in [0.3, 0.4) is 0 Å². The van der Waals surface area contributed by atoms with E-state index < -0.39 is 40.4 Å². The van der Waals surface area contributed by atoms with Crippen LogP contribution in [0.15, 0.2) is 121 Å². The SMILES string of the molecule is N=C(O[C@H]1O[C@H](COCc2ccccc2)[C@@H](OCc2ccccc2)[C@H](OCc2ccccc2)[C@@H]1OC(=S)c1ccccc1)C(Cl)(Cl)Cl. The molecule has 0 aromatic heterocycles. The molecule has 0 saturated carbocycles. The van der Waals surface area contributed by atoms with Crippen molar-refractivity contribution in [3.8, 4) is 0 Å². The van der Waals surface area contributed by atoms with Crippen molar-refractivity contribution in [2.45, 2.75) is 54.3 Å². The van der Waals surface area contributed by atoms with E-state index in [2.05, 4.69) is 0 Å². The third-order valence-corrected chi connectivity index (χ3v) is 8.15. The monoisotopic (exact) mass is 713 g/mol. The van der Waals surface area contributed by atoms with Crippen molar-refractivity contribution < 1.29 is 28.4 Å². The zero-order valence-electron chi connectivity index (χ0n) is 25.3. The molecule has 246 valence electrons. The average Bonchev–Trinajstić information content (AvgIpc) is 3.09. The van der Waals surface area contributed by atoms with Crippen LogP contribution in [-0.4, -0.2) is 52.1 Å². The number of halogens is 3. The molecule has 5 rings (SSSR count). The third kappa shape index (κ3) is 10.5. The minimum Gasteiger partial charge on any atom is -0.470 e. The van der Waals surface area contributed by atoms with Gasteiger partial charge in [0.15, 0.2) is 11.2 Å². The topological polar surface area (TPSA) is 79.2 Å². The van der Waals surface area contributed by atoms with E-state index in [0.717, 1.165) is 16.7 Å². The maximum Gasteiger partial charge on any atom is 0.265 e. The highest BCUT2D eigenvalue weighted by atomic mass is 35.6. The fourth-order valence-electron chi connectivity index (χ4n) is 4.97. The smallest absolute Gasteiger partial charge is 0.265 e. The van der Waals surface area contributed by atoms with Crippen LogP contribution in [-0.2, 0) is 48.2 Å². The normalized spacial score (nSPS) is 21.1. The minimum atomic E-state index is -2.16. The Bertz CT molecular complexity index is 1550. The lowest BCUT2D eigenvalue weighted by molar-refractivity contribution is -0.299. The predicted octanol–water partition coefficient (Wildman–Crippen LogP) is 8.22. The molecule has 1 saturated heterocycles. The number of alkyl halides is 3. The molecule has 0 unspecified atom stereocenters. The molecule has 0 spiro atoms. The fraction of sp³-hybridized carbons (Fsp3) is 0.278. The zero-order valence-corrected chi connectivity index (χ0v) is 28.3. The fourth-order valence-corrected chi connectivity index (χ4v) is 5.35. The second-order valence-electron chi connectivity index (χ2n) is 10.7. The number of ether oxygens (including phenoxy) is 6. The van der Waals surface area contributed by atoms with Crippen LogP contribution in [0, 0.1) is 5.41 Å². The number of hydrogen-bond acceptors (Lipinski definition) is 8. The molecule has 11 heteroatoms. The molecule has 0 radical (unpaired) electrons. The molecule has 4 aromatic carbocycles. The van der Waals surface area contributed by atoms with Crippen LogP contribution in [0.2, 0.25) is 0 Å². The molecule has 0 aliphatic carbocycles. The summed E-state index contributed by atoms with van der Waals surface area (Å²) in [6, 6.07) is 38.5. The van der Waals surface area contributed by atoms with Crippen molar-refractivity contribution in [2.24, 2.45) is 0 Å². The van der Waals surface area contributed by atoms with Gasteiger partial charge in [-0.2, -0.15) is 0 Å². The Morgan fingerprint density at radius 3 is 1.62 bits per heavy atom. The first-order chi connectivity index (χ1) is 22.8. The van der Waals surface area contributed by atoms with Crippen molar-refractivity contribution in [2.75, 3.05) is 6.61 Å². The molecular weight excluding hydrogens is 681 g/mol. The molecule has 0 amide bonds. The maximum atomic E-state index is 8.39. The average molecular weight is 715 g/mol. The van der Waals surface area contributed by atoms with Gasteiger partial charge in [-0.3, -0.25) is 5.41 Å². The Hall–Kier alpha value is -3.05. The van der Waals surface area contributed by atoms with Crippen molar-refractivity contribution in [1.82, 2.24) is 0 Å². The van der Waals surface area contributed by atoms with Gasteiger partial charge in [-0.05, 0) is 28.9 Å². The lowest BCUT2D eigenvalue weighted by Crippen LogP contribution is -2.62. The third-order valence-electron chi connectivity index (χ3n) is 7.30. The molecular formula is C36H34Cl3NO6S. The Kier molecular flexibility index (Phi) is 13.0. The summed E-state index contributed by atoms with van der Waals surface area (Å²) in [4.78, 5) is 0. The van der Waals surface area contributed by atoms with E-state index in [0.29, 0.717) is 12.2 Å². The highest BCUT2D eigenvalue weighted by molar-refractivity contribution is 7.80. The van der Waals surface area contributed by atoms with Gasteiger partial charge in [-0.15, -0.1) is 0 Å². The van der Waals surface area contributed by atoms with Crippen LogP contribution in [0.4, 0.5) is 0 Å². The van der Waals surface area contributed by atoms with Crippen molar-refractivity contribution in [3.05, 3.63) is 144 Å². The first kappa shape index (κ1) is 35.3. The molecule has 5 atom stereocenters. The van der Waals surface area contributed by atoms with Crippen LogP contribution >= 0.6 is 47.0 Å². The summed E-state index contributed by atoms with van der Waals surface area (Å²) in [5, 5.41) is 8.55. The standard InChI is InChI=1S/C36H34Cl3NO6S/c37-36(38,39)35(40)46-33-32(45-34(47)28-19-11-4-12-20-28)31(43-23-27-17-9-3-10-18-27)30(42-22-26-15-7-2-8-16-26)29(44-33)24-41-21-25-13-5-1-6-14-25/h1-20,29-33,40H,21-24H2/t29-,30-,31+,32+,33-/m1/s1. The number of thiocarbonyl (C=S) groups is 1. The van der Waals surface area contributed by atoms with Gasteiger partial charge < -0.3 is 28.4 Å². The second-order valence-corrected chi connectivity index (χ2v) is 13.4. The molecule has 1 heterocycles. The summed E-state index contributed by atoms with van der Waals surface area (Å²) in [5.74, 6) is -0.652. The summed E-state index contributed by atoms with van der Waals surface area (Å²) in [5.41, 5.74) is 3.53. The number of benzene rings is 4. The molecule has 1 N–H and O–H groups in total. The van der Waals surface area contributed by atoms with Crippen molar-refractivity contribution in [3.63, 3.8) is 0 Å². The summed E-state index contributed by atoms with van der Waals surface area (Å²) in [7, 11) is 0. The van der Waals surface area contributed by atoms with Crippen molar-refractivity contribution in [1.29, 1.82) is 5.41 Å². The van der Waals surface area contributed by atoms with Gasteiger partial charge in [0.05, 0.1) is 26.4 Å². The number of hydrogen-bond donors (Lipinski definition) is 1. The molecule has 1 aliphatic rings. The Labute approximate surface area is 295 Å². The van der Waals surface area contributed by atoms with E-state index >= 15 is 0 Å². The van der Waals surface area contributed by atoms with Gasteiger partial charge in [0.25, 0.3) is 3.79 Å². The highest BCUT2D eigenvalue weighted by Crippen LogP contribution is 2.35. The lowest BCUT2D eigenvalue weighted by Gasteiger charge is -2.45. The van der Waals surface area contributed by atoms with Gasteiger partial charge in [0.1, 0.15) is 18.3 Å². The van der Waals surface area contributed by atoms with E-state index in [9.17, 15) is 0 Å². The van der Waals surface area contributed by atoms with Gasteiger partial charge in [-0.1, -0.05) is 156 Å². The number of rotatable bonds is 13. The summed E-state index contributed by atoms with van der Waals surface area (Å²) < 4.78 is 36.0. The molecule has 7 nitrogen and oxygen atoms in total. The first-order valence-corrected chi connectivity index (χ1v) is 16.5. The molecule has 1 aliphatic heterocycles. The molecule has 0 bridgehead atoms. The van der Waals surface area contributed by atoms with E-state index in [1.807, 2.05) is 121 Å². The maximum absolute atomic E-state index is 8.39. The van der Waals surface area contributed by atoms with Crippen LogP contribution in [0.25, 0.3) is 0 Å². The first-order valence-electron chi connectivity index (χ1n) is 14.9. The van der Waals surface area contributed by atoms with E-state index in [1.165, 1.54) is 0 Å². The van der Waals surface area contributed by atoms with E-state index in [4.69, 9.17) is 80.9 Å². The summed E-state index contributed by atoms with van der Waals surface area (Å²) in [6.07, 6.45) is -4.66. The zero-order chi connectivity index (χ0) is 33.1. The quantitative estimate of drug-likeness (QED) is 0.0647. The summed E-state index contributed by atoms with van der Waals surface area (Å²) in [6.45, 7) is 0.882. The van der Waals surface area contributed by atoms with Crippen molar-refractivity contribution >= 4 is 58.0 Å². The summed E-state index contributed by atoms with van der Waals surface area (Å²) >= 11 is 23.8. The predicted molar refractivity (Wildman–Crippen MR) is 187 cm³/mol. The van der Waals surface area contributed by atoms with Gasteiger partial charge in [0.2, 0.25) is 12.2 Å². The molecule has 1 fully saturated rings. The van der Waals surface area contributed by atoms with Crippen LogP contribution in [0.5, 0.6) is 0 Å². The largest absolute Gasteiger partial charge is 0.470 e. The highest BCUT2D eigenvalue weighted by Gasteiger charge is 2.52. The Morgan fingerprint density at radius 1 is 0.638 bits per heavy atom. The number of nitrogens with one attached hydrogen (secondary N) is 1. The Morgan fingerprint density at radius 2 is 1.11 bits per heavy atom. The van der Waals surface area contributed by atoms with E-state index in [-0.39, 0.29) is 24.9 Å². The van der Waals surface area contributed by atoms with E-state index in [1.54, 1.807) is 0 Å². The van der Waals surface area contributed by atoms with Gasteiger partial charge in [-0.25, -0.2) is 0 Å². The van der Waals surface area contributed by atoms with Gasteiger partial charge >= 0.3 is 0 Å². The minimum absolute atomic E-state index is 0.0936. The second kappa shape index (κ2) is 17.4. The van der Waals surface area contributed by atoms with Gasteiger partial charge in [0, 0.05) is 5.56 Å². The van der Waals surface area contributed by atoms with Crippen LogP contribution < -0.4 is 0 Å².